The second-order valence-electron chi connectivity index (χ2n) is 9.21. The van der Waals surface area contributed by atoms with Crippen LogP contribution < -0.4 is 14.9 Å². The number of carbonyl (C=O) groups excluding carboxylic acids is 1. The largest absolute Gasteiger partial charge is 0.480 e. The van der Waals surface area contributed by atoms with Crippen LogP contribution in [0.4, 0.5) is 11.4 Å². The van der Waals surface area contributed by atoms with E-state index in [1.807, 2.05) is 12.1 Å². The van der Waals surface area contributed by atoms with Gasteiger partial charge in [0.2, 0.25) is 15.9 Å². The predicted molar refractivity (Wildman–Crippen MR) is 147 cm³/mol. The topological polar surface area (TPSA) is 145 Å². The Morgan fingerprint density at radius 3 is 2.37 bits per heavy atom. The molecule has 0 radical (unpaired) electrons. The minimum absolute atomic E-state index is 0.00768. The molecule has 0 fully saturated rings. The Bertz CT molecular complexity index is 1440. The highest BCUT2D eigenvalue weighted by Crippen LogP contribution is 2.33. The standard InChI is InChI=1S/C28H30N4O5S/c29-28(30)22-11-8-20(9-12-22)10-15-26(33)31-16-4-7-23-17-24(13-14-25(23)31)32(18-27(34)35)38(36,37)19-21-5-2-1-3-6-21/h1-3,5-6,8-9,11-14,17H,4,7,10,15-16,18-19H2,(H3,29,30)(H,34,35). The lowest BCUT2D eigenvalue weighted by atomic mass is 9.99. The maximum absolute atomic E-state index is 13.2. The summed E-state index contributed by atoms with van der Waals surface area (Å²) in [6, 6.07) is 20.8. The van der Waals surface area contributed by atoms with E-state index in [0.717, 1.165) is 15.4 Å². The van der Waals surface area contributed by atoms with Gasteiger partial charge in [0.1, 0.15) is 12.4 Å². The first-order valence-corrected chi connectivity index (χ1v) is 13.9. The van der Waals surface area contributed by atoms with E-state index in [1.165, 1.54) is 0 Å². The monoisotopic (exact) mass is 534 g/mol. The lowest BCUT2D eigenvalue weighted by Crippen LogP contribution is -2.38. The molecule has 10 heteroatoms. The molecule has 1 amide bonds. The van der Waals surface area contributed by atoms with Crippen molar-refractivity contribution >= 4 is 39.1 Å². The molecule has 1 aliphatic heterocycles. The summed E-state index contributed by atoms with van der Waals surface area (Å²) in [5.74, 6) is -1.64. The van der Waals surface area contributed by atoms with E-state index in [-0.39, 0.29) is 29.6 Å². The molecule has 0 atom stereocenters. The average Bonchev–Trinajstić information content (AvgIpc) is 2.90. The number of sulfonamides is 1. The summed E-state index contributed by atoms with van der Waals surface area (Å²) in [5, 5.41) is 16.9. The van der Waals surface area contributed by atoms with Crippen LogP contribution >= 0.6 is 0 Å². The number of nitrogens with zero attached hydrogens (tertiary/aromatic N) is 2. The fourth-order valence-electron chi connectivity index (χ4n) is 4.57. The van der Waals surface area contributed by atoms with E-state index in [0.29, 0.717) is 42.6 Å². The number of nitrogens with one attached hydrogen (secondary N) is 1. The van der Waals surface area contributed by atoms with Gasteiger partial charge in [0, 0.05) is 24.2 Å². The van der Waals surface area contributed by atoms with Crippen LogP contribution in [0.1, 0.15) is 35.1 Å². The third-order valence-corrected chi connectivity index (χ3v) is 8.18. The normalized spacial score (nSPS) is 13.0. The lowest BCUT2D eigenvalue weighted by Gasteiger charge is -2.31. The number of anilines is 2. The number of aliphatic carboxylic acids is 1. The van der Waals surface area contributed by atoms with Gasteiger partial charge in [0.15, 0.2) is 0 Å². The molecular weight excluding hydrogens is 504 g/mol. The molecule has 0 spiro atoms. The first-order valence-electron chi connectivity index (χ1n) is 12.3. The molecule has 0 unspecified atom stereocenters. The van der Waals surface area contributed by atoms with Gasteiger partial charge in [-0.3, -0.25) is 19.3 Å². The molecule has 38 heavy (non-hydrogen) atoms. The van der Waals surface area contributed by atoms with Gasteiger partial charge in [-0.25, -0.2) is 8.42 Å². The first-order chi connectivity index (χ1) is 18.1. The van der Waals surface area contributed by atoms with Crippen molar-refractivity contribution < 1.29 is 23.1 Å². The number of aryl methyl sites for hydroxylation is 2. The van der Waals surface area contributed by atoms with Gasteiger partial charge in [-0.15, -0.1) is 0 Å². The molecule has 0 saturated heterocycles. The van der Waals surface area contributed by atoms with Crippen LogP contribution in [0.15, 0.2) is 72.8 Å². The number of rotatable bonds is 10. The van der Waals surface area contributed by atoms with Gasteiger partial charge < -0.3 is 15.7 Å². The van der Waals surface area contributed by atoms with E-state index in [2.05, 4.69) is 0 Å². The number of carboxylic acids is 1. The van der Waals surface area contributed by atoms with Gasteiger partial charge in [0.25, 0.3) is 0 Å². The highest BCUT2D eigenvalue weighted by atomic mass is 32.2. The number of amides is 1. The molecule has 0 saturated carbocycles. The highest BCUT2D eigenvalue weighted by molar-refractivity contribution is 7.92. The molecule has 1 heterocycles. The van der Waals surface area contributed by atoms with Crippen molar-refractivity contribution in [1.29, 1.82) is 5.41 Å². The number of amidine groups is 1. The summed E-state index contributed by atoms with van der Waals surface area (Å²) >= 11 is 0. The lowest BCUT2D eigenvalue weighted by molar-refractivity contribution is -0.135. The maximum Gasteiger partial charge on any atom is 0.324 e. The number of carbonyl (C=O) groups is 2. The van der Waals surface area contributed by atoms with Crippen molar-refractivity contribution in [3.63, 3.8) is 0 Å². The predicted octanol–water partition coefficient (Wildman–Crippen LogP) is 3.30. The molecule has 4 N–H and O–H groups in total. The number of hydrogen-bond donors (Lipinski definition) is 3. The Kier molecular flexibility index (Phi) is 8.11. The third-order valence-electron chi connectivity index (χ3n) is 6.47. The smallest absolute Gasteiger partial charge is 0.324 e. The molecular formula is C28H30N4O5S. The van der Waals surface area contributed by atoms with Gasteiger partial charge in [-0.05, 0) is 54.2 Å². The second kappa shape index (κ2) is 11.5. The van der Waals surface area contributed by atoms with Crippen LogP contribution in [-0.2, 0) is 38.2 Å². The number of hydrogen-bond acceptors (Lipinski definition) is 5. The Hall–Kier alpha value is -4.18. The summed E-state index contributed by atoms with van der Waals surface area (Å²) in [4.78, 5) is 26.4. The minimum Gasteiger partial charge on any atom is -0.480 e. The molecule has 9 nitrogen and oxygen atoms in total. The zero-order valence-corrected chi connectivity index (χ0v) is 21.7. The Morgan fingerprint density at radius 2 is 1.71 bits per heavy atom. The SMILES string of the molecule is N=C(N)c1ccc(CCC(=O)N2CCCc3cc(N(CC(=O)O)S(=O)(=O)Cc4ccccc4)ccc32)cc1. The molecule has 0 bridgehead atoms. The molecule has 198 valence electrons. The van der Waals surface area contributed by atoms with Crippen LogP contribution in [0.2, 0.25) is 0 Å². The summed E-state index contributed by atoms with van der Waals surface area (Å²) < 4.78 is 27.4. The van der Waals surface area contributed by atoms with Crippen molar-refractivity contribution in [3.8, 4) is 0 Å². The Labute approximate surface area is 222 Å². The fraction of sp³-hybridized carbons (Fsp3) is 0.250. The Morgan fingerprint density at radius 1 is 1.00 bits per heavy atom. The number of carboxylic acid groups (broad SMARTS) is 1. The second-order valence-corrected chi connectivity index (χ2v) is 11.1. The Balaban J connectivity index is 1.53. The van der Waals surface area contributed by atoms with Crippen LogP contribution in [-0.4, -0.2) is 44.3 Å². The quantitative estimate of drug-likeness (QED) is 0.269. The van der Waals surface area contributed by atoms with Gasteiger partial charge in [0.05, 0.1) is 11.4 Å². The van der Waals surface area contributed by atoms with E-state index in [1.54, 1.807) is 65.6 Å². The molecule has 1 aliphatic rings. The van der Waals surface area contributed by atoms with Gasteiger partial charge in [-0.2, -0.15) is 0 Å². The van der Waals surface area contributed by atoms with E-state index in [9.17, 15) is 23.1 Å². The molecule has 3 aromatic carbocycles. The van der Waals surface area contributed by atoms with Gasteiger partial charge >= 0.3 is 5.97 Å². The minimum atomic E-state index is -3.98. The number of fused-ring (bicyclic) bond motifs is 1. The summed E-state index contributed by atoms with van der Waals surface area (Å²) in [5.41, 5.74) is 9.44. The molecule has 3 aromatic rings. The van der Waals surface area contributed by atoms with E-state index >= 15 is 0 Å². The van der Waals surface area contributed by atoms with Crippen molar-refractivity contribution in [2.75, 3.05) is 22.3 Å². The van der Waals surface area contributed by atoms with Crippen molar-refractivity contribution in [2.24, 2.45) is 5.73 Å². The van der Waals surface area contributed by atoms with Crippen LogP contribution in [0, 0.1) is 5.41 Å². The molecule has 0 aromatic heterocycles. The number of nitrogen functional groups attached to an aromatic ring is 1. The van der Waals surface area contributed by atoms with Crippen LogP contribution in [0.25, 0.3) is 0 Å². The number of benzene rings is 3. The average molecular weight is 535 g/mol. The van der Waals surface area contributed by atoms with Crippen molar-refractivity contribution in [2.45, 2.75) is 31.4 Å². The third kappa shape index (κ3) is 6.38. The first kappa shape index (κ1) is 26.9. The van der Waals surface area contributed by atoms with E-state index in [4.69, 9.17) is 11.1 Å². The summed E-state index contributed by atoms with van der Waals surface area (Å²) in [7, 11) is -3.98. The number of nitrogens with two attached hydrogens (primary N) is 1. The van der Waals surface area contributed by atoms with Gasteiger partial charge in [-0.1, -0.05) is 54.6 Å². The molecule has 0 aliphatic carbocycles. The zero-order chi connectivity index (χ0) is 27.3. The van der Waals surface area contributed by atoms with E-state index < -0.39 is 22.5 Å². The zero-order valence-electron chi connectivity index (χ0n) is 20.8. The van der Waals surface area contributed by atoms with Crippen LogP contribution in [0.5, 0.6) is 0 Å². The molecule has 4 rings (SSSR count). The fourth-order valence-corrected chi connectivity index (χ4v) is 6.08. The van der Waals surface area contributed by atoms with Crippen LogP contribution in [0.3, 0.4) is 0 Å². The van der Waals surface area contributed by atoms with Crippen molar-refractivity contribution in [1.82, 2.24) is 0 Å². The summed E-state index contributed by atoms with van der Waals surface area (Å²) in [6.07, 6.45) is 2.19. The highest BCUT2D eigenvalue weighted by Gasteiger charge is 2.28. The van der Waals surface area contributed by atoms with Crippen molar-refractivity contribution in [3.05, 3.63) is 95.1 Å². The maximum atomic E-state index is 13.2. The summed E-state index contributed by atoms with van der Waals surface area (Å²) in [6.45, 7) is -0.140.